The van der Waals surface area contributed by atoms with Gasteiger partial charge in [0.1, 0.15) is 11.8 Å². The number of nitrogens with one attached hydrogen (secondary N) is 1. The van der Waals surface area contributed by atoms with Crippen molar-refractivity contribution in [3.63, 3.8) is 0 Å². The first kappa shape index (κ1) is 25.7. The largest absolute Gasteiger partial charge is 0.497 e. The van der Waals surface area contributed by atoms with Gasteiger partial charge in [0.15, 0.2) is 0 Å². The van der Waals surface area contributed by atoms with Crippen LogP contribution in [0.3, 0.4) is 0 Å². The first-order chi connectivity index (χ1) is 16.4. The minimum atomic E-state index is -0.840. The van der Waals surface area contributed by atoms with Gasteiger partial charge in [0.05, 0.1) is 38.2 Å². The van der Waals surface area contributed by atoms with Gasteiger partial charge in [-0.25, -0.2) is 0 Å². The van der Waals surface area contributed by atoms with Gasteiger partial charge in [-0.2, -0.15) is 0 Å². The van der Waals surface area contributed by atoms with Crippen molar-refractivity contribution in [2.75, 3.05) is 25.6 Å². The Hall–Kier alpha value is -2.87. The third-order valence-electron chi connectivity index (χ3n) is 6.93. The number of rotatable bonds is 10. The zero-order chi connectivity index (χ0) is 24.8. The van der Waals surface area contributed by atoms with E-state index in [1.165, 1.54) is 4.90 Å². The number of methoxy groups -OCH3 is 1. The van der Waals surface area contributed by atoms with Gasteiger partial charge in [-0.15, -0.1) is 0 Å². The number of ether oxygens (including phenoxy) is 2. The fourth-order valence-electron chi connectivity index (χ4n) is 5.31. The van der Waals surface area contributed by atoms with E-state index in [4.69, 9.17) is 9.47 Å². The average molecular weight is 473 g/mol. The summed E-state index contributed by atoms with van der Waals surface area (Å²) in [5.41, 5.74) is 0.573. The molecule has 0 bridgehead atoms. The highest BCUT2D eigenvalue weighted by Gasteiger charge is 2.58. The molecule has 0 unspecified atom stereocenters. The summed E-state index contributed by atoms with van der Waals surface area (Å²) in [7, 11) is 1.57. The number of nitrogens with zero attached hydrogens (tertiary/aromatic N) is 1. The van der Waals surface area contributed by atoms with Crippen LogP contribution in [0, 0.1) is 23.7 Å². The highest BCUT2D eigenvalue weighted by Crippen LogP contribution is 2.46. The Bertz CT molecular complexity index is 895. The smallest absolute Gasteiger partial charge is 0.310 e. The molecule has 34 heavy (non-hydrogen) atoms. The Balaban J connectivity index is 2.00. The molecule has 0 saturated carbocycles. The molecule has 186 valence electrons. The number of likely N-dealkylation sites (tertiary alicyclic amines) is 1. The Morgan fingerprint density at radius 3 is 2.41 bits per heavy atom. The van der Waals surface area contributed by atoms with Crippen molar-refractivity contribution in [1.29, 1.82) is 0 Å². The molecule has 0 spiro atoms. The van der Waals surface area contributed by atoms with Crippen LogP contribution < -0.4 is 10.1 Å². The number of aliphatic hydroxyl groups is 1. The first-order valence-corrected chi connectivity index (χ1v) is 12.1. The van der Waals surface area contributed by atoms with Crippen molar-refractivity contribution < 1.29 is 29.0 Å². The van der Waals surface area contributed by atoms with E-state index in [1.807, 2.05) is 26.0 Å². The van der Waals surface area contributed by atoms with Crippen molar-refractivity contribution in [1.82, 2.24) is 4.90 Å². The lowest BCUT2D eigenvalue weighted by Crippen LogP contribution is -2.50. The maximum Gasteiger partial charge on any atom is 0.310 e. The lowest BCUT2D eigenvalue weighted by atomic mass is 9.69. The number of esters is 1. The van der Waals surface area contributed by atoms with Gasteiger partial charge in [0.2, 0.25) is 11.8 Å². The maximum absolute atomic E-state index is 13.8. The quantitative estimate of drug-likeness (QED) is 0.401. The molecule has 2 aliphatic rings. The molecule has 1 aliphatic carbocycles. The molecule has 8 nitrogen and oxygen atoms in total. The second-order valence-corrected chi connectivity index (χ2v) is 8.87. The van der Waals surface area contributed by atoms with Crippen LogP contribution in [0.5, 0.6) is 5.75 Å². The van der Waals surface area contributed by atoms with Crippen LogP contribution in [-0.2, 0) is 19.1 Å². The molecule has 0 radical (unpaired) electrons. The van der Waals surface area contributed by atoms with Crippen LogP contribution in [0.15, 0.2) is 36.4 Å². The first-order valence-electron chi connectivity index (χ1n) is 12.1. The fraction of sp³-hybridized carbons (Fsp3) is 0.577. The predicted octanol–water partition coefficient (Wildman–Crippen LogP) is 3.01. The standard InChI is InChI=1S/C26H36N2O6/c1-5-8-16-9-14-20-22(21(16)26(32)34-7-3)25(31)28(18(6-2)15-29)23(20)24(30)27-17-10-12-19(33-4)13-11-17/h9-14,16,18,20-23,29H,5-8,15H2,1-4H3,(H,27,30)/t16-,18+,20+,21-,22-,23+/m1/s1. The van der Waals surface area contributed by atoms with Crippen LogP contribution in [0.25, 0.3) is 0 Å². The number of hydrogen-bond donors (Lipinski definition) is 2. The zero-order valence-corrected chi connectivity index (χ0v) is 20.4. The lowest BCUT2D eigenvalue weighted by Gasteiger charge is -2.34. The molecule has 1 aromatic carbocycles. The molecule has 3 rings (SSSR count). The van der Waals surface area contributed by atoms with Gasteiger partial charge in [-0.05, 0) is 49.9 Å². The monoisotopic (exact) mass is 472 g/mol. The van der Waals surface area contributed by atoms with Gasteiger partial charge < -0.3 is 24.8 Å². The third kappa shape index (κ3) is 4.97. The SMILES string of the molecule is CCC[C@@H]1C=C[C@H]2[C@@H](C(=O)N([C@@H](CC)CO)[C@@H]2C(=O)Nc2ccc(OC)cc2)[C@@H]1C(=O)OCC. The number of aliphatic hydroxyl groups excluding tert-OH is 1. The molecule has 1 aliphatic heterocycles. The highest BCUT2D eigenvalue weighted by molar-refractivity contribution is 6.01. The topological polar surface area (TPSA) is 105 Å². The van der Waals surface area contributed by atoms with E-state index in [0.29, 0.717) is 17.9 Å². The van der Waals surface area contributed by atoms with Crippen molar-refractivity contribution in [2.45, 2.75) is 52.1 Å². The van der Waals surface area contributed by atoms with Crippen LogP contribution >= 0.6 is 0 Å². The summed E-state index contributed by atoms with van der Waals surface area (Å²) in [5.74, 6) is -2.34. The Labute approximate surface area is 201 Å². The number of amides is 2. The summed E-state index contributed by atoms with van der Waals surface area (Å²) >= 11 is 0. The van der Waals surface area contributed by atoms with E-state index < -0.39 is 35.8 Å². The van der Waals surface area contributed by atoms with E-state index in [2.05, 4.69) is 5.32 Å². The van der Waals surface area contributed by atoms with Crippen molar-refractivity contribution in [2.24, 2.45) is 23.7 Å². The number of anilines is 1. The average Bonchev–Trinajstić information content (AvgIpc) is 3.13. The van der Waals surface area contributed by atoms with E-state index >= 15 is 0 Å². The lowest BCUT2D eigenvalue weighted by molar-refractivity contribution is -0.156. The Morgan fingerprint density at radius 2 is 1.85 bits per heavy atom. The van der Waals surface area contributed by atoms with Crippen LogP contribution in [0.1, 0.15) is 40.0 Å². The van der Waals surface area contributed by atoms with Gasteiger partial charge in [0, 0.05) is 11.6 Å². The summed E-state index contributed by atoms with van der Waals surface area (Å²) in [6.45, 7) is 5.61. The van der Waals surface area contributed by atoms with Gasteiger partial charge >= 0.3 is 5.97 Å². The molecule has 0 aromatic heterocycles. The zero-order valence-electron chi connectivity index (χ0n) is 20.4. The second-order valence-electron chi connectivity index (χ2n) is 8.87. The molecule has 2 amide bonds. The molecule has 1 fully saturated rings. The molecule has 8 heteroatoms. The van der Waals surface area contributed by atoms with Gasteiger partial charge in [0.25, 0.3) is 0 Å². The van der Waals surface area contributed by atoms with Crippen molar-refractivity contribution in [3.05, 3.63) is 36.4 Å². The summed E-state index contributed by atoms with van der Waals surface area (Å²) in [6, 6.07) is 5.58. The molecule has 2 N–H and O–H groups in total. The summed E-state index contributed by atoms with van der Waals surface area (Å²) < 4.78 is 10.5. The summed E-state index contributed by atoms with van der Waals surface area (Å²) in [6.07, 6.45) is 5.98. The molecular weight excluding hydrogens is 436 g/mol. The summed E-state index contributed by atoms with van der Waals surface area (Å²) in [5, 5.41) is 12.9. The second kappa shape index (κ2) is 11.5. The number of benzene rings is 1. The Kier molecular flexibility index (Phi) is 8.72. The third-order valence-corrected chi connectivity index (χ3v) is 6.93. The minimum Gasteiger partial charge on any atom is -0.497 e. The number of allylic oxidation sites excluding steroid dienone is 1. The molecular formula is C26H36N2O6. The molecule has 1 aromatic rings. The maximum atomic E-state index is 13.8. The molecule has 1 heterocycles. The van der Waals surface area contributed by atoms with Crippen molar-refractivity contribution in [3.8, 4) is 5.75 Å². The number of hydrogen-bond acceptors (Lipinski definition) is 6. The van der Waals surface area contributed by atoms with Crippen LogP contribution in [0.2, 0.25) is 0 Å². The van der Waals surface area contributed by atoms with Gasteiger partial charge in [-0.1, -0.05) is 32.4 Å². The Morgan fingerprint density at radius 1 is 1.15 bits per heavy atom. The van der Waals surface area contributed by atoms with Crippen LogP contribution in [-0.4, -0.2) is 60.2 Å². The molecule has 6 atom stereocenters. The normalized spacial score (nSPS) is 26.7. The summed E-state index contributed by atoms with van der Waals surface area (Å²) in [4.78, 5) is 41.9. The van der Waals surface area contributed by atoms with E-state index in [0.717, 1.165) is 12.8 Å². The van der Waals surface area contributed by atoms with Crippen LogP contribution in [0.4, 0.5) is 5.69 Å². The number of fused-ring (bicyclic) bond motifs is 1. The molecule has 1 saturated heterocycles. The number of carbonyl (C=O) groups excluding carboxylic acids is 3. The highest BCUT2D eigenvalue weighted by atomic mass is 16.5. The number of carbonyl (C=O) groups is 3. The predicted molar refractivity (Wildman–Crippen MR) is 128 cm³/mol. The van der Waals surface area contributed by atoms with E-state index in [-0.39, 0.29) is 30.9 Å². The van der Waals surface area contributed by atoms with Gasteiger partial charge in [-0.3, -0.25) is 14.4 Å². The van der Waals surface area contributed by atoms with E-state index in [9.17, 15) is 19.5 Å². The van der Waals surface area contributed by atoms with E-state index in [1.54, 1.807) is 38.3 Å². The van der Waals surface area contributed by atoms with Crippen molar-refractivity contribution >= 4 is 23.5 Å². The fourth-order valence-corrected chi connectivity index (χ4v) is 5.31. The minimum absolute atomic E-state index is 0.131.